The molecule has 0 aromatic heterocycles. The number of carboxylic acid groups (broad SMARTS) is 1. The molecular formula is C18H23FN2O5. The normalized spacial score (nSPS) is 12.7. The standard InChI is InChI=1S/C18H23FN2O5/c1-3-13(23)8-9-15(18(25)26)21-17(24)16(20-11(2)22)10-12-6-4-5-7-14(12)19/h4-7,15-16H,3,8-10H2,1-2H3,(H,20,22)(H,21,24)(H,25,26)/t15-,16+/m1/s1. The van der Waals surface area contributed by atoms with Crippen LogP contribution >= 0.6 is 0 Å². The molecule has 0 saturated heterocycles. The number of carbonyl (C=O) groups is 4. The molecule has 0 radical (unpaired) electrons. The van der Waals surface area contributed by atoms with Gasteiger partial charge in [-0.2, -0.15) is 0 Å². The summed E-state index contributed by atoms with van der Waals surface area (Å²) in [4.78, 5) is 46.5. The van der Waals surface area contributed by atoms with Crippen LogP contribution in [0.5, 0.6) is 0 Å². The molecule has 1 rings (SSSR count). The van der Waals surface area contributed by atoms with Crippen molar-refractivity contribution in [2.45, 2.75) is 51.6 Å². The van der Waals surface area contributed by atoms with Gasteiger partial charge in [0, 0.05) is 26.2 Å². The fourth-order valence-corrected chi connectivity index (χ4v) is 2.35. The van der Waals surface area contributed by atoms with Crippen LogP contribution in [-0.4, -0.2) is 40.8 Å². The maximum atomic E-state index is 13.8. The molecule has 0 aliphatic carbocycles. The lowest BCUT2D eigenvalue weighted by Crippen LogP contribution is -2.52. The van der Waals surface area contributed by atoms with Gasteiger partial charge in [-0.05, 0) is 18.1 Å². The quantitative estimate of drug-likeness (QED) is 0.576. The molecule has 1 aromatic rings. The fourth-order valence-electron chi connectivity index (χ4n) is 2.35. The Morgan fingerprint density at radius 1 is 1.12 bits per heavy atom. The summed E-state index contributed by atoms with van der Waals surface area (Å²) in [5.41, 5.74) is 0.217. The minimum absolute atomic E-state index is 0.0197. The monoisotopic (exact) mass is 366 g/mol. The molecule has 0 fully saturated rings. The van der Waals surface area contributed by atoms with Gasteiger partial charge >= 0.3 is 5.97 Å². The summed E-state index contributed by atoms with van der Waals surface area (Å²) in [5, 5.41) is 13.9. The molecule has 0 bridgehead atoms. The molecule has 0 saturated carbocycles. The van der Waals surface area contributed by atoms with Gasteiger partial charge in [0.1, 0.15) is 23.7 Å². The number of aliphatic carboxylic acids is 1. The van der Waals surface area contributed by atoms with Crippen molar-refractivity contribution in [1.82, 2.24) is 10.6 Å². The number of carboxylic acids is 1. The van der Waals surface area contributed by atoms with E-state index in [4.69, 9.17) is 0 Å². The van der Waals surface area contributed by atoms with Crippen LogP contribution in [0.1, 0.15) is 38.7 Å². The van der Waals surface area contributed by atoms with E-state index in [0.29, 0.717) is 0 Å². The Hall–Kier alpha value is -2.77. The van der Waals surface area contributed by atoms with Crippen molar-refractivity contribution in [3.8, 4) is 0 Å². The van der Waals surface area contributed by atoms with E-state index in [2.05, 4.69) is 10.6 Å². The fraction of sp³-hybridized carbons (Fsp3) is 0.444. The van der Waals surface area contributed by atoms with Crippen LogP contribution < -0.4 is 10.6 Å². The Bertz CT molecular complexity index is 677. The van der Waals surface area contributed by atoms with Gasteiger partial charge in [0.15, 0.2) is 0 Å². The van der Waals surface area contributed by atoms with Crippen molar-refractivity contribution in [2.75, 3.05) is 0 Å². The van der Waals surface area contributed by atoms with Gasteiger partial charge < -0.3 is 15.7 Å². The van der Waals surface area contributed by atoms with Crippen LogP contribution in [-0.2, 0) is 25.6 Å². The molecule has 0 unspecified atom stereocenters. The number of carbonyl (C=O) groups excluding carboxylic acids is 3. The third-order valence-electron chi connectivity index (χ3n) is 3.80. The summed E-state index contributed by atoms with van der Waals surface area (Å²) >= 11 is 0. The van der Waals surface area contributed by atoms with Gasteiger partial charge in [-0.25, -0.2) is 9.18 Å². The van der Waals surface area contributed by atoms with Crippen LogP contribution in [0.3, 0.4) is 0 Å². The Morgan fingerprint density at radius 2 is 1.77 bits per heavy atom. The van der Waals surface area contributed by atoms with E-state index >= 15 is 0 Å². The molecule has 26 heavy (non-hydrogen) atoms. The molecule has 2 atom stereocenters. The number of rotatable bonds is 10. The van der Waals surface area contributed by atoms with Crippen molar-refractivity contribution >= 4 is 23.6 Å². The highest BCUT2D eigenvalue weighted by molar-refractivity contribution is 5.90. The van der Waals surface area contributed by atoms with Crippen LogP contribution in [0.25, 0.3) is 0 Å². The van der Waals surface area contributed by atoms with Gasteiger partial charge in [0.2, 0.25) is 11.8 Å². The van der Waals surface area contributed by atoms with E-state index in [0.717, 1.165) is 0 Å². The van der Waals surface area contributed by atoms with E-state index in [-0.39, 0.29) is 37.0 Å². The Morgan fingerprint density at radius 3 is 2.31 bits per heavy atom. The lowest BCUT2D eigenvalue weighted by atomic mass is 10.0. The highest BCUT2D eigenvalue weighted by Crippen LogP contribution is 2.10. The zero-order chi connectivity index (χ0) is 19.7. The predicted octanol–water partition coefficient (Wildman–Crippen LogP) is 1.20. The first-order chi connectivity index (χ1) is 12.2. The second-order valence-corrected chi connectivity index (χ2v) is 5.88. The lowest BCUT2D eigenvalue weighted by Gasteiger charge is -2.21. The highest BCUT2D eigenvalue weighted by atomic mass is 19.1. The first-order valence-electron chi connectivity index (χ1n) is 8.30. The second-order valence-electron chi connectivity index (χ2n) is 5.88. The number of amides is 2. The van der Waals surface area contributed by atoms with E-state index in [9.17, 15) is 28.7 Å². The number of halogens is 1. The van der Waals surface area contributed by atoms with Crippen molar-refractivity contribution in [3.05, 3.63) is 35.6 Å². The first kappa shape index (κ1) is 21.3. The number of hydrogen-bond donors (Lipinski definition) is 3. The van der Waals surface area contributed by atoms with Crippen molar-refractivity contribution in [3.63, 3.8) is 0 Å². The Kier molecular flexibility index (Phi) is 8.41. The zero-order valence-corrected chi connectivity index (χ0v) is 14.8. The summed E-state index contributed by atoms with van der Waals surface area (Å²) < 4.78 is 13.8. The van der Waals surface area contributed by atoms with Crippen molar-refractivity contribution in [2.24, 2.45) is 0 Å². The summed E-state index contributed by atoms with van der Waals surface area (Å²) in [6.45, 7) is 2.87. The SMILES string of the molecule is CCC(=O)CC[C@@H](NC(=O)[C@H](Cc1ccccc1F)NC(C)=O)C(=O)O. The zero-order valence-electron chi connectivity index (χ0n) is 14.8. The number of nitrogens with one attached hydrogen (secondary N) is 2. The van der Waals surface area contributed by atoms with Crippen LogP contribution in [0, 0.1) is 5.82 Å². The third kappa shape index (κ3) is 7.00. The molecule has 0 aliphatic heterocycles. The Labute approximate surface area is 151 Å². The first-order valence-corrected chi connectivity index (χ1v) is 8.30. The molecular weight excluding hydrogens is 343 g/mol. The minimum atomic E-state index is -1.28. The molecule has 142 valence electrons. The topological polar surface area (TPSA) is 113 Å². The van der Waals surface area contributed by atoms with Gasteiger partial charge in [0.05, 0.1) is 0 Å². The average molecular weight is 366 g/mol. The average Bonchev–Trinajstić information content (AvgIpc) is 2.58. The van der Waals surface area contributed by atoms with Crippen molar-refractivity contribution in [1.29, 1.82) is 0 Å². The molecule has 0 heterocycles. The molecule has 3 N–H and O–H groups in total. The van der Waals surface area contributed by atoms with Gasteiger partial charge in [-0.3, -0.25) is 14.4 Å². The number of Topliss-reactive ketones (excluding diaryl/α,β-unsaturated/α-hetero) is 1. The largest absolute Gasteiger partial charge is 0.480 e. The van der Waals surface area contributed by atoms with Crippen LogP contribution in [0.4, 0.5) is 4.39 Å². The summed E-state index contributed by atoms with van der Waals surface area (Å²) in [7, 11) is 0. The molecule has 1 aromatic carbocycles. The van der Waals surface area contributed by atoms with E-state index in [1.807, 2.05) is 0 Å². The van der Waals surface area contributed by atoms with Crippen LogP contribution in [0.2, 0.25) is 0 Å². The molecule has 0 aliphatic rings. The predicted molar refractivity (Wildman–Crippen MR) is 91.8 cm³/mol. The van der Waals surface area contributed by atoms with Gasteiger partial charge in [-0.15, -0.1) is 0 Å². The molecule has 7 nitrogen and oxygen atoms in total. The lowest BCUT2D eigenvalue weighted by molar-refractivity contribution is -0.142. The number of benzene rings is 1. The van der Waals surface area contributed by atoms with Gasteiger partial charge in [0.25, 0.3) is 0 Å². The summed E-state index contributed by atoms with van der Waals surface area (Å²) in [6.07, 6.45) is 0.118. The minimum Gasteiger partial charge on any atom is -0.480 e. The third-order valence-corrected chi connectivity index (χ3v) is 3.80. The number of hydrogen-bond acceptors (Lipinski definition) is 4. The van der Waals surface area contributed by atoms with Gasteiger partial charge in [-0.1, -0.05) is 25.1 Å². The summed E-state index contributed by atoms with van der Waals surface area (Å²) in [6, 6.07) is 3.40. The molecule has 2 amide bonds. The van der Waals surface area contributed by atoms with E-state index in [1.54, 1.807) is 13.0 Å². The number of ketones is 1. The maximum Gasteiger partial charge on any atom is 0.326 e. The van der Waals surface area contributed by atoms with E-state index in [1.165, 1.54) is 25.1 Å². The smallest absolute Gasteiger partial charge is 0.326 e. The van der Waals surface area contributed by atoms with Crippen LogP contribution in [0.15, 0.2) is 24.3 Å². The van der Waals surface area contributed by atoms with E-state index < -0.39 is 35.7 Å². The summed E-state index contributed by atoms with van der Waals surface area (Å²) in [5.74, 6) is -3.18. The second kappa shape index (κ2) is 10.3. The molecule has 8 heteroatoms. The Balaban J connectivity index is 2.86. The molecule has 0 spiro atoms. The van der Waals surface area contributed by atoms with Crippen molar-refractivity contribution < 1.29 is 28.7 Å². The highest BCUT2D eigenvalue weighted by Gasteiger charge is 2.27. The maximum absolute atomic E-state index is 13.8.